The Morgan fingerprint density at radius 2 is 1.77 bits per heavy atom. The zero-order valence-corrected chi connectivity index (χ0v) is 34.8. The van der Waals surface area contributed by atoms with Gasteiger partial charge in [0, 0.05) is 57.6 Å². The van der Waals surface area contributed by atoms with Crippen LogP contribution in [0.15, 0.2) is 36.4 Å². The van der Waals surface area contributed by atoms with Gasteiger partial charge in [-0.2, -0.15) is 36.7 Å². The van der Waals surface area contributed by atoms with Crippen molar-refractivity contribution in [2.45, 2.75) is 82.0 Å². The summed E-state index contributed by atoms with van der Waals surface area (Å²) in [6.45, 7) is 3.12. The quantitative estimate of drug-likeness (QED) is 0.205. The predicted octanol–water partition coefficient (Wildman–Crippen LogP) is 5.14. The van der Waals surface area contributed by atoms with Gasteiger partial charge in [0.25, 0.3) is 5.91 Å². The van der Waals surface area contributed by atoms with Crippen molar-refractivity contribution in [2.75, 3.05) is 61.0 Å². The molecule has 4 fully saturated rings. The number of aromatic nitrogens is 2. The van der Waals surface area contributed by atoms with E-state index in [1.165, 1.54) is 21.7 Å². The van der Waals surface area contributed by atoms with Crippen LogP contribution in [0.2, 0.25) is 0 Å². The number of halogens is 6. The Morgan fingerprint density at radius 3 is 2.44 bits per heavy atom. The van der Waals surface area contributed by atoms with Gasteiger partial charge in [-0.15, -0.1) is 0 Å². The van der Waals surface area contributed by atoms with Gasteiger partial charge in [0.05, 0.1) is 53.3 Å². The van der Waals surface area contributed by atoms with Crippen molar-refractivity contribution in [1.29, 1.82) is 5.26 Å². The van der Waals surface area contributed by atoms with Crippen molar-refractivity contribution in [3.63, 3.8) is 0 Å². The smallest absolute Gasteiger partial charge is 0.377 e. The number of amides is 5. The Morgan fingerprint density at radius 1 is 1.05 bits per heavy atom. The van der Waals surface area contributed by atoms with Gasteiger partial charge in [0.2, 0.25) is 11.8 Å². The molecule has 2 aromatic carbocycles. The van der Waals surface area contributed by atoms with E-state index in [0.29, 0.717) is 42.3 Å². The molecule has 1 atom stereocenters. The third-order valence-electron chi connectivity index (χ3n) is 11.9. The van der Waals surface area contributed by atoms with Crippen molar-refractivity contribution in [3.05, 3.63) is 47.5 Å². The van der Waals surface area contributed by atoms with Crippen LogP contribution in [0, 0.1) is 11.3 Å². The SMILES string of the molecule is Cn1nc(N2CCC(=O)NC2=O)c2cccc(NC(=O)CN3CCN(CCOC4CCC(N5C(=S)N(c6ccc(C#N)c(C(F)(F)F)c6)C(=O)C5(C)C)CC4)C[C@@H]3C(F)(F)F)c21. The number of thiocarbonyl (C=S) groups is 1. The van der Waals surface area contributed by atoms with Crippen molar-refractivity contribution in [3.8, 4) is 6.07 Å². The van der Waals surface area contributed by atoms with Gasteiger partial charge in [-0.05, 0) is 82.1 Å². The van der Waals surface area contributed by atoms with Crippen molar-refractivity contribution >= 4 is 69.2 Å². The van der Waals surface area contributed by atoms with Crippen LogP contribution in [-0.4, -0.2) is 129 Å². The fourth-order valence-electron chi connectivity index (χ4n) is 8.81. The molecular weight excluding hydrogens is 847 g/mol. The first-order valence-corrected chi connectivity index (χ1v) is 20.4. The number of nitrogens with zero attached hydrogens (tertiary/aromatic N) is 8. The normalized spacial score (nSPS) is 23.0. The van der Waals surface area contributed by atoms with Crippen LogP contribution in [0.4, 0.5) is 48.3 Å². The summed E-state index contributed by atoms with van der Waals surface area (Å²) in [7, 11) is 1.60. The van der Waals surface area contributed by atoms with E-state index in [4.69, 9.17) is 17.0 Å². The molecule has 0 radical (unpaired) electrons. The number of hydrogen-bond donors (Lipinski definition) is 2. The number of aryl methyl sites for hydroxylation is 1. The van der Waals surface area contributed by atoms with E-state index in [0.717, 1.165) is 21.9 Å². The number of para-hydroxylation sites is 1. The Labute approximate surface area is 357 Å². The lowest BCUT2D eigenvalue weighted by Gasteiger charge is -2.42. The molecule has 2 N–H and O–H groups in total. The predicted molar refractivity (Wildman–Crippen MR) is 217 cm³/mol. The minimum atomic E-state index is -4.82. The number of ether oxygens (including phenoxy) is 1. The number of urea groups is 1. The topological polar surface area (TPSA) is 159 Å². The number of benzene rings is 2. The van der Waals surface area contributed by atoms with Crippen LogP contribution in [0.3, 0.4) is 0 Å². The zero-order chi connectivity index (χ0) is 44.9. The molecule has 0 bridgehead atoms. The largest absolute Gasteiger partial charge is 0.417 e. The molecule has 0 unspecified atom stereocenters. The number of piperazine rings is 1. The first-order valence-electron chi connectivity index (χ1n) is 20.0. The van der Waals surface area contributed by atoms with E-state index < -0.39 is 65.4 Å². The highest BCUT2D eigenvalue weighted by atomic mass is 32.1. The summed E-state index contributed by atoms with van der Waals surface area (Å²) in [6, 6.07) is 6.70. The summed E-state index contributed by atoms with van der Waals surface area (Å²) in [5.74, 6) is -1.30. The molecule has 3 aromatic rings. The van der Waals surface area contributed by atoms with Crippen molar-refractivity contribution in [2.24, 2.45) is 7.05 Å². The third-order valence-corrected chi connectivity index (χ3v) is 12.3. The maximum atomic E-state index is 14.4. The second-order valence-electron chi connectivity index (χ2n) is 16.3. The third kappa shape index (κ3) is 8.80. The molecule has 62 heavy (non-hydrogen) atoms. The molecule has 4 heterocycles. The maximum Gasteiger partial charge on any atom is 0.417 e. The van der Waals surface area contributed by atoms with Gasteiger partial charge in [-0.3, -0.25) is 44.0 Å². The molecule has 0 spiro atoms. The molecular formula is C40H44F6N10O5S. The van der Waals surface area contributed by atoms with Crippen LogP contribution in [0.5, 0.6) is 0 Å². The van der Waals surface area contributed by atoms with Crippen LogP contribution >= 0.6 is 12.2 Å². The number of nitrogens with one attached hydrogen (secondary N) is 2. The Hall–Kier alpha value is -5.37. The van der Waals surface area contributed by atoms with Crippen LogP contribution in [0.1, 0.15) is 57.1 Å². The Kier molecular flexibility index (Phi) is 12.3. The molecule has 5 amide bonds. The van der Waals surface area contributed by atoms with Crippen LogP contribution in [0.25, 0.3) is 10.9 Å². The van der Waals surface area contributed by atoms with E-state index in [1.807, 2.05) is 0 Å². The first-order chi connectivity index (χ1) is 29.2. The lowest BCUT2D eigenvalue weighted by molar-refractivity contribution is -0.197. The minimum Gasteiger partial charge on any atom is -0.377 e. The highest BCUT2D eigenvalue weighted by Gasteiger charge is 2.53. The van der Waals surface area contributed by atoms with Crippen molar-refractivity contribution in [1.82, 2.24) is 29.8 Å². The summed E-state index contributed by atoms with van der Waals surface area (Å²) >= 11 is 5.68. The Balaban J connectivity index is 0.910. The van der Waals surface area contributed by atoms with E-state index >= 15 is 0 Å². The molecule has 1 aromatic heterocycles. The highest BCUT2D eigenvalue weighted by molar-refractivity contribution is 7.80. The van der Waals surface area contributed by atoms with Crippen molar-refractivity contribution < 1.29 is 50.3 Å². The molecule has 1 saturated carbocycles. The number of nitriles is 1. The zero-order valence-electron chi connectivity index (χ0n) is 34.0. The van der Waals surface area contributed by atoms with E-state index in [1.54, 1.807) is 48.9 Å². The maximum absolute atomic E-state index is 14.4. The summed E-state index contributed by atoms with van der Waals surface area (Å²) in [5.41, 5.74) is -2.26. The fourth-order valence-corrected chi connectivity index (χ4v) is 9.38. The average Bonchev–Trinajstić information content (AvgIpc) is 3.63. The molecule has 3 saturated heterocycles. The second kappa shape index (κ2) is 17.1. The summed E-state index contributed by atoms with van der Waals surface area (Å²) < 4.78 is 92.1. The lowest BCUT2D eigenvalue weighted by atomic mass is 9.89. The van der Waals surface area contributed by atoms with Crippen LogP contribution < -0.4 is 20.4 Å². The summed E-state index contributed by atoms with van der Waals surface area (Å²) in [4.78, 5) is 58.0. The molecule has 7 rings (SSSR count). The van der Waals surface area contributed by atoms with E-state index in [-0.39, 0.29) is 74.5 Å². The van der Waals surface area contributed by atoms with Gasteiger partial charge in [-0.1, -0.05) is 6.07 Å². The molecule has 22 heteroatoms. The van der Waals surface area contributed by atoms with Gasteiger partial charge in [-0.25, -0.2) is 4.79 Å². The first kappa shape index (κ1) is 44.7. The van der Waals surface area contributed by atoms with E-state index in [2.05, 4.69) is 15.7 Å². The van der Waals surface area contributed by atoms with Gasteiger partial charge >= 0.3 is 18.4 Å². The average molecular weight is 891 g/mol. The lowest BCUT2D eigenvalue weighted by Crippen LogP contribution is -2.60. The van der Waals surface area contributed by atoms with Gasteiger partial charge in [0.15, 0.2) is 10.9 Å². The summed E-state index contributed by atoms with van der Waals surface area (Å²) in [6.07, 6.45) is -7.39. The molecule has 4 aliphatic rings. The van der Waals surface area contributed by atoms with Crippen LogP contribution in [-0.2, 0) is 32.3 Å². The monoisotopic (exact) mass is 890 g/mol. The molecule has 15 nitrogen and oxygen atoms in total. The summed E-state index contributed by atoms with van der Waals surface area (Å²) in [5, 5.41) is 19.2. The number of imide groups is 1. The number of alkyl halides is 6. The second-order valence-corrected chi connectivity index (χ2v) is 16.6. The number of hydrogen-bond acceptors (Lipinski definition) is 10. The minimum absolute atomic E-state index is 0.0349. The fraction of sp³-hybridized carbons (Fsp3) is 0.525. The van der Waals surface area contributed by atoms with Gasteiger partial charge < -0.3 is 15.0 Å². The highest BCUT2D eigenvalue weighted by Crippen LogP contribution is 2.41. The van der Waals surface area contributed by atoms with Gasteiger partial charge in [0.1, 0.15) is 11.6 Å². The number of anilines is 3. The number of carbonyl (C=O) groups excluding carboxylic acids is 4. The van der Waals surface area contributed by atoms with E-state index in [9.17, 15) is 50.8 Å². The molecule has 1 aliphatic carbocycles. The number of carbonyl (C=O) groups is 4. The number of fused-ring (bicyclic) bond motifs is 1. The molecule has 3 aliphatic heterocycles. The Bertz CT molecular complexity index is 2320. The molecule has 332 valence electrons. The number of rotatable bonds is 10. The standard InChI is InChI=1S/C40H44F6N10O5S/c1-38(2)35(59)55(25-8-7-23(20-47)28(19-25)39(41,42)43)37(62)56(38)24-9-11-26(12-10-24)61-18-17-52-15-16-53(30(21-52)40(44,45)46)22-32(58)48-29-6-4-5-27-33(29)51(3)50-34(27)54-14-13-31(57)49-36(54)60/h4-8,19,24,26,30H,9-18,21-22H2,1-3H3,(H,48,58)(H,49,57,60)/t24?,26?,30-/m1/s1.